The van der Waals surface area contributed by atoms with E-state index in [1.54, 1.807) is 31.1 Å². The summed E-state index contributed by atoms with van der Waals surface area (Å²) < 4.78 is 34.0. The van der Waals surface area contributed by atoms with Crippen molar-refractivity contribution in [2.75, 3.05) is 25.1 Å². The van der Waals surface area contributed by atoms with Gasteiger partial charge in [0, 0.05) is 18.3 Å². The van der Waals surface area contributed by atoms with E-state index in [1.807, 2.05) is 61.5 Å². The van der Waals surface area contributed by atoms with Gasteiger partial charge in [-0.05, 0) is 67.6 Å². The monoisotopic (exact) mass is 478 g/mol. The van der Waals surface area contributed by atoms with Gasteiger partial charge in [0.25, 0.3) is 0 Å². The first kappa shape index (κ1) is 24.0. The minimum atomic E-state index is -3.91. The summed E-state index contributed by atoms with van der Waals surface area (Å²) in [5.74, 6) is 0.396. The summed E-state index contributed by atoms with van der Waals surface area (Å²) in [5, 5.41) is 0. The van der Waals surface area contributed by atoms with Gasteiger partial charge in [0.05, 0.1) is 18.6 Å². The number of nitrogens with zero attached hydrogens (tertiary/aromatic N) is 2. The molecule has 7 heteroatoms. The van der Waals surface area contributed by atoms with Crippen LogP contribution in [0.4, 0.5) is 5.69 Å². The van der Waals surface area contributed by atoms with Gasteiger partial charge < -0.3 is 9.64 Å². The van der Waals surface area contributed by atoms with E-state index in [0.29, 0.717) is 12.2 Å². The molecule has 0 radical (unpaired) electrons. The van der Waals surface area contributed by atoms with E-state index < -0.39 is 10.0 Å². The van der Waals surface area contributed by atoms with Crippen LogP contribution in [0.3, 0.4) is 0 Å². The highest BCUT2D eigenvalue weighted by Crippen LogP contribution is 2.32. The molecule has 3 aromatic rings. The lowest BCUT2D eigenvalue weighted by molar-refractivity contribution is -0.119. The molecule has 1 atom stereocenters. The normalized spacial score (nSPS) is 15.4. The van der Waals surface area contributed by atoms with Gasteiger partial charge in [-0.25, -0.2) is 8.42 Å². The summed E-state index contributed by atoms with van der Waals surface area (Å²) in [4.78, 5) is 15.4. The van der Waals surface area contributed by atoms with Crippen LogP contribution in [-0.4, -0.2) is 44.9 Å². The van der Waals surface area contributed by atoms with Crippen LogP contribution in [0.2, 0.25) is 0 Å². The van der Waals surface area contributed by atoms with Crippen LogP contribution in [0.25, 0.3) is 0 Å². The molecular formula is C27H30N2O4S. The minimum absolute atomic E-state index is 0.0215. The van der Waals surface area contributed by atoms with Crippen LogP contribution in [0.5, 0.6) is 5.75 Å². The maximum absolute atomic E-state index is 13.7. The Labute approximate surface area is 201 Å². The largest absolute Gasteiger partial charge is 0.496 e. The second-order valence-electron chi connectivity index (χ2n) is 8.65. The number of carbonyl (C=O) groups is 1. The molecular weight excluding hydrogens is 448 g/mol. The molecule has 0 aliphatic carbocycles. The Morgan fingerprint density at radius 2 is 1.76 bits per heavy atom. The summed E-state index contributed by atoms with van der Waals surface area (Å²) in [6, 6.07) is 22.3. The number of fused-ring (bicyclic) bond motifs is 1. The van der Waals surface area contributed by atoms with Crippen molar-refractivity contribution < 1.29 is 17.9 Å². The molecule has 1 amide bonds. The smallest absolute Gasteiger partial charge is 0.243 e. The van der Waals surface area contributed by atoms with E-state index in [-0.39, 0.29) is 29.9 Å². The van der Waals surface area contributed by atoms with Crippen LogP contribution in [0.15, 0.2) is 77.7 Å². The number of anilines is 1. The lowest BCUT2D eigenvalue weighted by Crippen LogP contribution is -2.45. The molecule has 0 fully saturated rings. The van der Waals surface area contributed by atoms with Gasteiger partial charge in [0.1, 0.15) is 5.75 Å². The van der Waals surface area contributed by atoms with Gasteiger partial charge in [-0.15, -0.1) is 0 Å². The molecule has 0 aromatic heterocycles. The summed E-state index contributed by atoms with van der Waals surface area (Å²) >= 11 is 0. The molecule has 1 aliphatic heterocycles. The van der Waals surface area contributed by atoms with Crippen molar-refractivity contribution in [1.82, 2.24) is 4.31 Å². The van der Waals surface area contributed by atoms with E-state index in [9.17, 15) is 13.2 Å². The van der Waals surface area contributed by atoms with Crippen molar-refractivity contribution in [1.29, 1.82) is 0 Å². The Bertz CT molecular complexity index is 1270. The van der Waals surface area contributed by atoms with Crippen LogP contribution in [-0.2, 0) is 27.7 Å². The predicted octanol–water partition coefficient (Wildman–Crippen LogP) is 4.21. The van der Waals surface area contributed by atoms with Crippen molar-refractivity contribution in [2.24, 2.45) is 0 Å². The van der Waals surface area contributed by atoms with Crippen LogP contribution < -0.4 is 9.64 Å². The Balaban J connectivity index is 1.64. The fraction of sp³-hybridized carbons (Fsp3) is 0.296. The number of sulfonamides is 1. The molecule has 3 aromatic carbocycles. The van der Waals surface area contributed by atoms with Crippen molar-refractivity contribution >= 4 is 21.6 Å². The number of ether oxygens (including phenoxy) is 1. The van der Waals surface area contributed by atoms with E-state index in [1.165, 1.54) is 10.4 Å². The van der Waals surface area contributed by atoms with Gasteiger partial charge in [-0.1, -0.05) is 48.5 Å². The van der Waals surface area contributed by atoms with Crippen molar-refractivity contribution in [3.8, 4) is 5.75 Å². The van der Waals surface area contributed by atoms with E-state index in [4.69, 9.17) is 4.74 Å². The van der Waals surface area contributed by atoms with Gasteiger partial charge in [-0.2, -0.15) is 4.31 Å². The summed E-state index contributed by atoms with van der Waals surface area (Å²) in [5.41, 5.74) is 3.70. The average Bonchev–Trinajstić information content (AvgIpc) is 3.17. The second-order valence-corrected chi connectivity index (χ2v) is 10.6. The lowest BCUT2D eigenvalue weighted by Gasteiger charge is -2.28. The number of aryl methyl sites for hydroxylation is 1. The quantitative estimate of drug-likeness (QED) is 0.486. The number of benzene rings is 3. The van der Waals surface area contributed by atoms with Gasteiger partial charge >= 0.3 is 0 Å². The fourth-order valence-electron chi connectivity index (χ4n) is 4.52. The highest BCUT2D eigenvalue weighted by Gasteiger charge is 2.34. The molecule has 6 nitrogen and oxygen atoms in total. The van der Waals surface area contributed by atoms with Crippen molar-refractivity contribution in [3.63, 3.8) is 0 Å². The maximum atomic E-state index is 13.7. The Hall–Kier alpha value is -3.16. The molecule has 34 heavy (non-hydrogen) atoms. The Morgan fingerprint density at radius 3 is 2.47 bits per heavy atom. The molecule has 4 rings (SSSR count). The summed E-state index contributed by atoms with van der Waals surface area (Å²) in [6.45, 7) is 3.78. The SMILES string of the molecule is COc1ccc(S(=O)(=O)N(CCc2ccccc2)CC(=O)N2c3ccccc3C[C@@H]2C)cc1C. The van der Waals surface area contributed by atoms with E-state index in [0.717, 1.165) is 28.8 Å². The first-order chi connectivity index (χ1) is 16.3. The first-order valence-electron chi connectivity index (χ1n) is 11.4. The molecule has 0 spiro atoms. The topological polar surface area (TPSA) is 66.9 Å². The number of hydrogen-bond acceptors (Lipinski definition) is 4. The van der Waals surface area contributed by atoms with Crippen molar-refractivity contribution in [3.05, 3.63) is 89.5 Å². The zero-order chi connectivity index (χ0) is 24.3. The Morgan fingerprint density at radius 1 is 1.06 bits per heavy atom. The number of rotatable bonds is 8. The standard InChI is InChI=1S/C27H30N2O4S/c1-20-17-24(13-14-26(20)33-3)34(31,32)28(16-15-22-9-5-4-6-10-22)19-27(30)29-21(2)18-23-11-7-8-12-25(23)29/h4-14,17,21H,15-16,18-19H2,1-3H3/t21-/m0/s1. The number of methoxy groups -OCH3 is 1. The second kappa shape index (κ2) is 9.99. The fourth-order valence-corrected chi connectivity index (χ4v) is 5.99. The van der Waals surface area contributed by atoms with Crippen LogP contribution >= 0.6 is 0 Å². The third-order valence-corrected chi connectivity index (χ3v) is 8.13. The molecule has 1 aliphatic rings. The van der Waals surface area contributed by atoms with Gasteiger partial charge in [0.15, 0.2) is 0 Å². The van der Waals surface area contributed by atoms with Gasteiger partial charge in [-0.3, -0.25) is 4.79 Å². The molecule has 1 heterocycles. The molecule has 0 unspecified atom stereocenters. The van der Waals surface area contributed by atoms with E-state index in [2.05, 4.69) is 0 Å². The highest BCUT2D eigenvalue weighted by molar-refractivity contribution is 7.89. The maximum Gasteiger partial charge on any atom is 0.243 e. The molecule has 0 saturated heterocycles. The predicted molar refractivity (Wildman–Crippen MR) is 134 cm³/mol. The zero-order valence-electron chi connectivity index (χ0n) is 19.8. The van der Waals surface area contributed by atoms with E-state index >= 15 is 0 Å². The zero-order valence-corrected chi connectivity index (χ0v) is 20.6. The number of para-hydroxylation sites is 1. The number of amides is 1. The van der Waals surface area contributed by atoms with Gasteiger partial charge in [0.2, 0.25) is 15.9 Å². The summed E-state index contributed by atoms with van der Waals surface area (Å²) in [6.07, 6.45) is 1.27. The van der Waals surface area contributed by atoms with Crippen molar-refractivity contribution in [2.45, 2.75) is 37.6 Å². The Kier molecular flexibility index (Phi) is 7.05. The average molecular weight is 479 g/mol. The number of hydrogen-bond donors (Lipinski definition) is 0. The molecule has 178 valence electrons. The molecule has 0 N–H and O–H groups in total. The first-order valence-corrected chi connectivity index (χ1v) is 12.8. The summed E-state index contributed by atoms with van der Waals surface area (Å²) in [7, 11) is -2.36. The molecule has 0 bridgehead atoms. The third kappa shape index (κ3) is 4.86. The van der Waals surface area contributed by atoms with Crippen LogP contribution in [0.1, 0.15) is 23.6 Å². The highest BCUT2D eigenvalue weighted by atomic mass is 32.2. The minimum Gasteiger partial charge on any atom is -0.496 e. The molecule has 0 saturated carbocycles. The third-order valence-electron chi connectivity index (χ3n) is 6.28. The number of carbonyl (C=O) groups excluding carboxylic acids is 1. The lowest BCUT2D eigenvalue weighted by atomic mass is 10.1. The van der Waals surface area contributed by atoms with Crippen LogP contribution in [0, 0.1) is 6.92 Å².